The fraction of sp³-hybridized carbons (Fsp3) is 0.522. The Bertz CT molecular complexity index is 747. The molecule has 0 amide bonds. The van der Waals surface area contributed by atoms with Gasteiger partial charge in [0.15, 0.2) is 0 Å². The molecule has 0 saturated carbocycles. The third-order valence-corrected chi connectivity index (χ3v) is 6.55. The number of nitrogens with zero attached hydrogens (tertiary/aromatic N) is 2. The molecular weight excluding hydrogens is 380 g/mol. The predicted molar refractivity (Wildman–Crippen MR) is 114 cm³/mol. The quantitative estimate of drug-likeness (QED) is 0.464. The van der Waals surface area contributed by atoms with Gasteiger partial charge in [0.2, 0.25) is 6.29 Å². The molecule has 2 aliphatic heterocycles. The molecule has 0 N–H and O–H groups in total. The van der Waals surface area contributed by atoms with E-state index >= 15 is 0 Å². The molecule has 3 heterocycles. The minimum Gasteiger partial charge on any atom is -0.487 e. The highest BCUT2D eigenvalue weighted by molar-refractivity contribution is 6.35. The Hall–Kier alpha value is -1.73. The second-order valence-corrected chi connectivity index (χ2v) is 9.08. The van der Waals surface area contributed by atoms with Crippen molar-refractivity contribution >= 4 is 9.52 Å². The summed E-state index contributed by atoms with van der Waals surface area (Å²) in [5, 5.41) is 0. The molecule has 29 heavy (non-hydrogen) atoms. The van der Waals surface area contributed by atoms with Gasteiger partial charge < -0.3 is 19.1 Å². The second kappa shape index (κ2) is 10.9. The first kappa shape index (κ1) is 20.5. The lowest BCUT2D eigenvalue weighted by Crippen LogP contribution is -2.32. The zero-order valence-corrected chi connectivity index (χ0v) is 18.0. The molecule has 0 unspecified atom stereocenters. The maximum Gasteiger partial charge on any atom is 0.205 e. The summed E-state index contributed by atoms with van der Waals surface area (Å²) in [4.78, 5) is 7.47. The summed E-state index contributed by atoms with van der Waals surface area (Å²) >= 11 is 0. The molecule has 2 saturated heterocycles. The number of pyridine rings is 1. The van der Waals surface area contributed by atoms with Crippen molar-refractivity contribution < 1.29 is 14.2 Å². The molecule has 4 rings (SSSR count). The lowest BCUT2D eigenvalue weighted by Gasteiger charge is -2.25. The minimum absolute atomic E-state index is 0.421. The summed E-state index contributed by atoms with van der Waals surface area (Å²) in [7, 11) is 1.17. The first-order chi connectivity index (χ1) is 14.4. The minimum atomic E-state index is -0.421. The summed E-state index contributed by atoms with van der Waals surface area (Å²) in [6.45, 7) is 5.49. The topological polar surface area (TPSA) is 43.8 Å². The maximum absolute atomic E-state index is 6.07. The van der Waals surface area contributed by atoms with E-state index in [1.807, 2.05) is 24.3 Å². The Balaban J connectivity index is 1.34. The number of hydrogen-bond acceptors (Lipinski definition) is 5. The van der Waals surface area contributed by atoms with Gasteiger partial charge in [-0.2, -0.15) is 0 Å². The number of aryl methyl sites for hydroxylation is 1. The summed E-state index contributed by atoms with van der Waals surface area (Å²) < 4.78 is 17.5. The number of ether oxygens (including phenoxy) is 3. The van der Waals surface area contributed by atoms with E-state index in [9.17, 15) is 0 Å². The number of benzene rings is 1. The van der Waals surface area contributed by atoms with Crippen LogP contribution in [0.4, 0.5) is 0 Å². The SMILES string of the molecule is c1ccc(COc2ccc(CCCCN3CC[Si]CC3)nc2C2OCCO2)cc1. The number of rotatable bonds is 9. The van der Waals surface area contributed by atoms with Crippen LogP contribution in [0.15, 0.2) is 42.5 Å². The van der Waals surface area contributed by atoms with Gasteiger partial charge in [-0.25, -0.2) is 4.98 Å². The highest BCUT2D eigenvalue weighted by atomic mass is 28.2. The summed E-state index contributed by atoms with van der Waals surface area (Å²) in [5.74, 6) is 0.749. The van der Waals surface area contributed by atoms with Crippen LogP contribution >= 0.6 is 0 Å². The highest BCUT2D eigenvalue weighted by Crippen LogP contribution is 2.30. The lowest BCUT2D eigenvalue weighted by molar-refractivity contribution is -0.0493. The molecule has 0 atom stereocenters. The predicted octanol–water partition coefficient (Wildman–Crippen LogP) is 3.89. The van der Waals surface area contributed by atoms with Crippen molar-refractivity contribution in [3.8, 4) is 5.75 Å². The van der Waals surface area contributed by atoms with E-state index in [0.29, 0.717) is 19.8 Å². The Labute approximate surface area is 176 Å². The molecule has 0 spiro atoms. The Morgan fingerprint density at radius 2 is 1.79 bits per heavy atom. The van der Waals surface area contributed by atoms with Gasteiger partial charge in [0.25, 0.3) is 0 Å². The van der Waals surface area contributed by atoms with Crippen molar-refractivity contribution in [3.05, 3.63) is 59.4 Å². The molecule has 154 valence electrons. The molecule has 0 bridgehead atoms. The van der Waals surface area contributed by atoms with E-state index in [0.717, 1.165) is 35.5 Å². The summed E-state index contributed by atoms with van der Waals surface area (Å²) in [6, 6.07) is 17.1. The zero-order chi connectivity index (χ0) is 19.7. The molecule has 2 aromatic rings. The van der Waals surface area contributed by atoms with Crippen molar-refractivity contribution in [1.29, 1.82) is 0 Å². The van der Waals surface area contributed by atoms with Crippen LogP contribution in [0.1, 0.15) is 36.1 Å². The third-order valence-electron chi connectivity index (χ3n) is 5.39. The smallest absolute Gasteiger partial charge is 0.205 e. The first-order valence-electron chi connectivity index (χ1n) is 10.7. The summed E-state index contributed by atoms with van der Waals surface area (Å²) in [6.07, 6.45) is 2.94. The van der Waals surface area contributed by atoms with Crippen LogP contribution in [0.25, 0.3) is 0 Å². The molecule has 2 radical (unpaired) electrons. The molecule has 2 fully saturated rings. The van der Waals surface area contributed by atoms with E-state index in [4.69, 9.17) is 19.2 Å². The third kappa shape index (κ3) is 6.12. The van der Waals surface area contributed by atoms with E-state index in [1.54, 1.807) is 0 Å². The Kier molecular flexibility index (Phi) is 7.70. The highest BCUT2D eigenvalue weighted by Gasteiger charge is 2.24. The average molecular weight is 411 g/mol. The largest absolute Gasteiger partial charge is 0.487 e. The van der Waals surface area contributed by atoms with E-state index in [1.165, 1.54) is 47.7 Å². The van der Waals surface area contributed by atoms with E-state index in [2.05, 4.69) is 23.1 Å². The van der Waals surface area contributed by atoms with Gasteiger partial charge in [0, 0.05) is 15.2 Å². The van der Waals surface area contributed by atoms with Gasteiger partial charge in [0.05, 0.1) is 13.2 Å². The van der Waals surface area contributed by atoms with Crippen molar-refractivity contribution in [2.24, 2.45) is 0 Å². The van der Waals surface area contributed by atoms with Crippen molar-refractivity contribution in [1.82, 2.24) is 9.88 Å². The van der Waals surface area contributed by atoms with Gasteiger partial charge in [0.1, 0.15) is 18.1 Å². The van der Waals surface area contributed by atoms with Crippen LogP contribution in [0.2, 0.25) is 12.1 Å². The average Bonchev–Trinajstić information content (AvgIpc) is 3.32. The van der Waals surface area contributed by atoms with Crippen LogP contribution in [0.5, 0.6) is 5.75 Å². The molecule has 5 nitrogen and oxygen atoms in total. The van der Waals surface area contributed by atoms with Gasteiger partial charge in [-0.15, -0.1) is 0 Å². The monoisotopic (exact) mass is 410 g/mol. The van der Waals surface area contributed by atoms with Crippen molar-refractivity contribution in [3.63, 3.8) is 0 Å². The first-order valence-corrected chi connectivity index (χ1v) is 12.1. The van der Waals surface area contributed by atoms with Crippen LogP contribution < -0.4 is 4.74 Å². The normalized spacial score (nSPS) is 18.2. The molecule has 1 aromatic heterocycles. The van der Waals surface area contributed by atoms with Gasteiger partial charge >= 0.3 is 0 Å². The molecular formula is C23H30N2O3Si. The number of aromatic nitrogens is 1. The molecule has 2 aliphatic rings. The van der Waals surface area contributed by atoms with Crippen LogP contribution in [-0.4, -0.2) is 52.3 Å². The lowest BCUT2D eigenvalue weighted by atomic mass is 10.1. The molecule has 6 heteroatoms. The van der Waals surface area contributed by atoms with Gasteiger partial charge in [-0.05, 0) is 68.7 Å². The van der Waals surface area contributed by atoms with Crippen LogP contribution in [0.3, 0.4) is 0 Å². The Morgan fingerprint density at radius 3 is 2.59 bits per heavy atom. The number of unbranched alkanes of at least 4 members (excludes halogenated alkanes) is 1. The van der Waals surface area contributed by atoms with E-state index < -0.39 is 6.29 Å². The fourth-order valence-electron chi connectivity index (χ4n) is 3.76. The standard InChI is InChI=1S/C23H30N2O3Si/c1-2-6-19(7-3-1)18-28-21-10-9-20(24-22(21)23-26-14-15-27-23)8-4-5-11-25-12-16-29-17-13-25/h1-3,6-7,9-10,23H,4-5,8,11-18H2. The number of hydrogen-bond donors (Lipinski definition) is 0. The Morgan fingerprint density at radius 1 is 1.00 bits per heavy atom. The fourth-order valence-corrected chi connectivity index (χ4v) is 4.96. The van der Waals surface area contributed by atoms with Crippen LogP contribution in [-0.2, 0) is 22.5 Å². The zero-order valence-electron chi connectivity index (χ0n) is 17.0. The van der Waals surface area contributed by atoms with Crippen molar-refractivity contribution in [2.45, 2.75) is 44.2 Å². The molecule has 1 aromatic carbocycles. The van der Waals surface area contributed by atoms with Gasteiger partial charge in [-0.3, -0.25) is 0 Å². The van der Waals surface area contributed by atoms with Crippen LogP contribution in [0, 0.1) is 0 Å². The van der Waals surface area contributed by atoms with E-state index in [-0.39, 0.29) is 0 Å². The van der Waals surface area contributed by atoms with Gasteiger partial charge in [-0.1, -0.05) is 30.3 Å². The van der Waals surface area contributed by atoms with Crippen molar-refractivity contribution in [2.75, 3.05) is 32.8 Å². The molecule has 0 aliphatic carbocycles. The maximum atomic E-state index is 6.07. The second-order valence-electron chi connectivity index (χ2n) is 7.58. The summed E-state index contributed by atoms with van der Waals surface area (Å²) in [5.41, 5.74) is 2.99.